The highest BCUT2D eigenvalue weighted by atomic mass is 16.2. The maximum Gasteiger partial charge on any atom is 0.251 e. The van der Waals surface area contributed by atoms with Crippen LogP contribution in [0.3, 0.4) is 0 Å². The molecule has 0 aliphatic rings. The predicted molar refractivity (Wildman–Crippen MR) is 85.1 cm³/mol. The number of carbonyl (C=O) groups is 2. The molecule has 0 saturated heterocycles. The zero-order chi connectivity index (χ0) is 16.2. The Hall–Kier alpha value is -1.88. The molecule has 21 heavy (non-hydrogen) atoms. The van der Waals surface area contributed by atoms with Crippen molar-refractivity contribution in [3.05, 3.63) is 29.8 Å². The second-order valence-corrected chi connectivity index (χ2v) is 6.42. The molecule has 0 aromatic heterocycles. The van der Waals surface area contributed by atoms with E-state index < -0.39 is 0 Å². The van der Waals surface area contributed by atoms with Crippen LogP contribution in [0.1, 0.15) is 45.0 Å². The highest BCUT2D eigenvalue weighted by Crippen LogP contribution is 2.13. The second kappa shape index (κ2) is 6.72. The van der Waals surface area contributed by atoms with Crippen LogP contribution in [0.5, 0.6) is 0 Å². The summed E-state index contributed by atoms with van der Waals surface area (Å²) in [5.41, 5.74) is 6.63. The minimum Gasteiger partial charge on any atom is -0.347 e. The predicted octanol–water partition coefficient (Wildman–Crippen LogP) is 2.14. The lowest BCUT2D eigenvalue weighted by atomic mass is 10.0. The molecule has 0 radical (unpaired) electrons. The van der Waals surface area contributed by atoms with Crippen LogP contribution in [-0.4, -0.2) is 23.4 Å². The van der Waals surface area contributed by atoms with Gasteiger partial charge in [-0.2, -0.15) is 0 Å². The van der Waals surface area contributed by atoms with E-state index in [9.17, 15) is 9.59 Å². The molecule has 5 nitrogen and oxygen atoms in total. The molecule has 1 rings (SSSR count). The Morgan fingerprint density at radius 2 is 1.62 bits per heavy atom. The minimum atomic E-state index is -0.281. The number of carbonyl (C=O) groups excluding carboxylic acids is 2. The number of benzene rings is 1. The number of hydrogen-bond donors (Lipinski definition) is 3. The highest BCUT2D eigenvalue weighted by Gasteiger charge is 2.18. The van der Waals surface area contributed by atoms with Crippen molar-refractivity contribution in [2.75, 3.05) is 5.32 Å². The first-order chi connectivity index (χ1) is 9.60. The van der Waals surface area contributed by atoms with Crippen LogP contribution in [-0.2, 0) is 4.79 Å². The van der Waals surface area contributed by atoms with Crippen LogP contribution < -0.4 is 16.4 Å². The molecule has 0 aliphatic heterocycles. The van der Waals surface area contributed by atoms with Gasteiger partial charge < -0.3 is 16.4 Å². The van der Waals surface area contributed by atoms with Crippen molar-refractivity contribution in [1.82, 2.24) is 5.32 Å². The molecular weight excluding hydrogens is 266 g/mol. The monoisotopic (exact) mass is 291 g/mol. The molecule has 1 aromatic carbocycles. The molecule has 116 valence electrons. The van der Waals surface area contributed by atoms with Crippen molar-refractivity contribution < 1.29 is 9.59 Å². The summed E-state index contributed by atoms with van der Waals surface area (Å²) in [4.78, 5) is 23.9. The van der Waals surface area contributed by atoms with E-state index in [0.29, 0.717) is 11.3 Å². The first-order valence-corrected chi connectivity index (χ1v) is 7.09. The Balaban J connectivity index is 2.70. The van der Waals surface area contributed by atoms with Gasteiger partial charge in [-0.05, 0) is 52.0 Å². The molecule has 0 bridgehead atoms. The van der Waals surface area contributed by atoms with E-state index in [4.69, 9.17) is 5.73 Å². The van der Waals surface area contributed by atoms with Crippen molar-refractivity contribution >= 4 is 17.5 Å². The van der Waals surface area contributed by atoms with Crippen molar-refractivity contribution in [3.63, 3.8) is 0 Å². The van der Waals surface area contributed by atoms with Gasteiger partial charge in [0.15, 0.2) is 0 Å². The molecule has 0 heterocycles. The fraction of sp³-hybridized carbons (Fsp3) is 0.500. The van der Waals surface area contributed by atoms with E-state index in [1.807, 2.05) is 20.8 Å². The van der Waals surface area contributed by atoms with Crippen LogP contribution in [0.4, 0.5) is 5.69 Å². The fourth-order valence-corrected chi connectivity index (χ4v) is 1.61. The summed E-state index contributed by atoms with van der Waals surface area (Å²) in [6.45, 7) is 9.36. The maximum absolute atomic E-state index is 12.0. The zero-order valence-electron chi connectivity index (χ0n) is 13.4. The third-order valence-electron chi connectivity index (χ3n) is 3.11. The second-order valence-electron chi connectivity index (χ2n) is 6.42. The third kappa shape index (κ3) is 5.55. The molecule has 0 spiro atoms. The molecule has 2 unspecified atom stereocenters. The van der Waals surface area contributed by atoms with E-state index in [2.05, 4.69) is 10.6 Å². The van der Waals surface area contributed by atoms with Gasteiger partial charge >= 0.3 is 0 Å². The number of rotatable bonds is 4. The summed E-state index contributed by atoms with van der Waals surface area (Å²) in [6.07, 6.45) is 0. The number of nitrogens with two attached hydrogens (primary N) is 1. The summed E-state index contributed by atoms with van der Waals surface area (Å²) in [5, 5.41) is 5.67. The Labute approximate surface area is 126 Å². The lowest BCUT2D eigenvalue weighted by Gasteiger charge is -2.20. The number of nitrogens with one attached hydrogen (secondary N) is 2. The average molecular weight is 291 g/mol. The van der Waals surface area contributed by atoms with Crippen LogP contribution >= 0.6 is 0 Å². The van der Waals surface area contributed by atoms with Gasteiger partial charge in [0.1, 0.15) is 0 Å². The summed E-state index contributed by atoms with van der Waals surface area (Å²) in [6, 6.07) is 6.59. The number of amides is 2. The average Bonchev–Trinajstić information content (AvgIpc) is 2.36. The van der Waals surface area contributed by atoms with E-state index >= 15 is 0 Å². The molecule has 1 aromatic rings. The van der Waals surface area contributed by atoms with Crippen LogP contribution in [0.25, 0.3) is 0 Å². The molecule has 0 fully saturated rings. The van der Waals surface area contributed by atoms with E-state index in [1.54, 1.807) is 38.1 Å². The molecule has 5 heteroatoms. The molecular formula is C16H25N3O2. The van der Waals surface area contributed by atoms with Gasteiger partial charge in [-0.15, -0.1) is 0 Å². The molecule has 2 atom stereocenters. The van der Waals surface area contributed by atoms with Crippen molar-refractivity contribution in [1.29, 1.82) is 0 Å². The van der Waals surface area contributed by atoms with Crippen molar-refractivity contribution in [2.24, 2.45) is 11.7 Å². The lowest BCUT2D eigenvalue weighted by Crippen LogP contribution is -2.40. The highest BCUT2D eigenvalue weighted by molar-refractivity contribution is 5.96. The third-order valence-corrected chi connectivity index (χ3v) is 3.11. The van der Waals surface area contributed by atoms with Crippen LogP contribution in [0, 0.1) is 5.92 Å². The van der Waals surface area contributed by atoms with Gasteiger partial charge in [0.05, 0.1) is 5.92 Å². The summed E-state index contributed by atoms with van der Waals surface area (Å²) in [5.74, 6) is -0.532. The summed E-state index contributed by atoms with van der Waals surface area (Å²) >= 11 is 0. The van der Waals surface area contributed by atoms with Gasteiger partial charge in [0.2, 0.25) is 5.91 Å². The minimum absolute atomic E-state index is 0.128. The van der Waals surface area contributed by atoms with E-state index in [0.717, 1.165) is 0 Å². The van der Waals surface area contributed by atoms with E-state index in [-0.39, 0.29) is 29.3 Å². The quantitative estimate of drug-likeness (QED) is 0.794. The van der Waals surface area contributed by atoms with Gasteiger partial charge in [-0.1, -0.05) is 6.92 Å². The normalized spacial score (nSPS) is 14.2. The van der Waals surface area contributed by atoms with Crippen molar-refractivity contribution in [2.45, 2.75) is 46.2 Å². The largest absolute Gasteiger partial charge is 0.347 e. The van der Waals surface area contributed by atoms with Crippen LogP contribution in [0.2, 0.25) is 0 Å². The lowest BCUT2D eigenvalue weighted by molar-refractivity contribution is -0.119. The van der Waals surface area contributed by atoms with Crippen molar-refractivity contribution in [3.8, 4) is 0 Å². The molecule has 0 saturated carbocycles. The maximum atomic E-state index is 12.0. The van der Waals surface area contributed by atoms with Gasteiger partial charge in [0.25, 0.3) is 5.91 Å². The Morgan fingerprint density at radius 3 is 2.05 bits per heavy atom. The number of anilines is 1. The SMILES string of the molecule is CC(N)C(C)C(=O)Nc1ccc(C(=O)NC(C)(C)C)cc1. The zero-order valence-corrected chi connectivity index (χ0v) is 13.4. The molecule has 2 amide bonds. The van der Waals surface area contributed by atoms with Gasteiger partial charge in [-0.3, -0.25) is 9.59 Å². The Morgan fingerprint density at radius 1 is 1.10 bits per heavy atom. The van der Waals surface area contributed by atoms with Gasteiger partial charge in [0, 0.05) is 22.8 Å². The standard InChI is InChI=1S/C16H25N3O2/c1-10(11(2)17)14(20)18-13-8-6-12(7-9-13)15(21)19-16(3,4)5/h6-11H,17H2,1-5H3,(H,18,20)(H,19,21). The first kappa shape index (κ1) is 17.2. The van der Waals surface area contributed by atoms with E-state index in [1.165, 1.54) is 0 Å². The Bertz CT molecular complexity index is 501. The smallest absolute Gasteiger partial charge is 0.251 e. The van der Waals surface area contributed by atoms with Crippen LogP contribution in [0.15, 0.2) is 24.3 Å². The molecule has 4 N–H and O–H groups in total. The molecule has 0 aliphatic carbocycles. The van der Waals surface area contributed by atoms with Gasteiger partial charge in [-0.25, -0.2) is 0 Å². The summed E-state index contributed by atoms with van der Waals surface area (Å²) in [7, 11) is 0. The summed E-state index contributed by atoms with van der Waals surface area (Å²) < 4.78 is 0. The fourth-order valence-electron chi connectivity index (χ4n) is 1.61. The topological polar surface area (TPSA) is 84.2 Å². The Kier molecular flexibility index (Phi) is 5.49. The number of hydrogen-bond acceptors (Lipinski definition) is 3. The first-order valence-electron chi connectivity index (χ1n) is 7.09.